The van der Waals surface area contributed by atoms with E-state index < -0.39 is 11.5 Å². The van der Waals surface area contributed by atoms with Gasteiger partial charge in [-0.15, -0.1) is 0 Å². The third kappa shape index (κ3) is 6.43. The lowest BCUT2D eigenvalue weighted by Crippen LogP contribution is -2.49. The highest BCUT2D eigenvalue weighted by Gasteiger charge is 2.26. The lowest BCUT2D eigenvalue weighted by molar-refractivity contribution is -0.133. The van der Waals surface area contributed by atoms with Gasteiger partial charge in [-0.2, -0.15) is 0 Å². The van der Waals surface area contributed by atoms with Gasteiger partial charge in [0, 0.05) is 5.41 Å². The van der Waals surface area contributed by atoms with Crippen LogP contribution in [0.25, 0.3) is 0 Å². The Morgan fingerprint density at radius 1 is 1.00 bits per heavy atom. The topological polar surface area (TPSA) is 58.2 Å². The Labute approximate surface area is 140 Å². The van der Waals surface area contributed by atoms with Crippen LogP contribution in [-0.2, 0) is 9.59 Å². The number of hydrogen-bond acceptors (Lipinski definition) is 2. The van der Waals surface area contributed by atoms with Gasteiger partial charge in [-0.25, -0.2) is 0 Å². The van der Waals surface area contributed by atoms with E-state index in [1.54, 1.807) is 6.92 Å². The van der Waals surface area contributed by atoms with E-state index in [-0.39, 0.29) is 17.9 Å². The van der Waals surface area contributed by atoms with Gasteiger partial charge in [0.1, 0.15) is 6.04 Å². The molecule has 0 heterocycles. The van der Waals surface area contributed by atoms with Crippen molar-refractivity contribution in [1.82, 2.24) is 10.6 Å². The minimum absolute atomic E-state index is 0.0438. The van der Waals surface area contributed by atoms with Crippen LogP contribution in [0.3, 0.4) is 0 Å². The van der Waals surface area contributed by atoms with Crippen molar-refractivity contribution < 1.29 is 9.59 Å². The Hall–Kier alpha value is -1.84. The summed E-state index contributed by atoms with van der Waals surface area (Å²) in [6.45, 7) is 11.5. The van der Waals surface area contributed by atoms with Gasteiger partial charge >= 0.3 is 0 Å². The second-order valence-corrected chi connectivity index (χ2v) is 7.55. The normalized spacial score (nSPS) is 14.2. The molecule has 0 aromatic heterocycles. The molecule has 0 aliphatic heterocycles. The highest BCUT2D eigenvalue weighted by atomic mass is 16.2. The second kappa shape index (κ2) is 8.14. The summed E-state index contributed by atoms with van der Waals surface area (Å²) in [6.07, 6.45) is 0.857. The molecule has 2 atom stereocenters. The van der Waals surface area contributed by atoms with Gasteiger partial charge < -0.3 is 10.6 Å². The van der Waals surface area contributed by atoms with Gasteiger partial charge in [-0.3, -0.25) is 9.59 Å². The molecule has 0 fully saturated rings. The van der Waals surface area contributed by atoms with E-state index >= 15 is 0 Å². The average molecular weight is 318 g/mol. The van der Waals surface area contributed by atoms with E-state index in [4.69, 9.17) is 0 Å². The molecule has 1 rings (SSSR count). The average Bonchev–Trinajstić information content (AvgIpc) is 2.45. The summed E-state index contributed by atoms with van der Waals surface area (Å²) >= 11 is 0. The van der Waals surface area contributed by atoms with Crippen LogP contribution in [0.2, 0.25) is 0 Å². The molecule has 128 valence electrons. The van der Waals surface area contributed by atoms with Crippen molar-refractivity contribution in [1.29, 1.82) is 0 Å². The molecule has 0 saturated carbocycles. The first-order valence-corrected chi connectivity index (χ1v) is 8.27. The Morgan fingerprint density at radius 2 is 1.57 bits per heavy atom. The minimum atomic E-state index is -0.555. The molecule has 0 bridgehead atoms. The fourth-order valence-electron chi connectivity index (χ4n) is 2.21. The van der Waals surface area contributed by atoms with E-state index in [1.807, 2.05) is 51.1 Å². The van der Waals surface area contributed by atoms with Crippen molar-refractivity contribution in [2.24, 2.45) is 11.3 Å². The van der Waals surface area contributed by atoms with Gasteiger partial charge in [-0.05, 0) is 24.8 Å². The molecule has 2 amide bonds. The zero-order valence-electron chi connectivity index (χ0n) is 15.1. The molecule has 0 radical (unpaired) electrons. The molecular weight excluding hydrogens is 288 g/mol. The minimum Gasteiger partial charge on any atom is -0.348 e. The number of carbonyl (C=O) groups is 2. The maximum atomic E-state index is 12.4. The quantitative estimate of drug-likeness (QED) is 0.844. The lowest BCUT2D eigenvalue weighted by atomic mass is 9.95. The molecule has 2 unspecified atom stereocenters. The summed E-state index contributed by atoms with van der Waals surface area (Å²) in [6, 6.07) is 9.35. The number of benzene rings is 1. The molecule has 0 aliphatic rings. The first-order valence-electron chi connectivity index (χ1n) is 8.27. The summed E-state index contributed by atoms with van der Waals surface area (Å²) in [5.74, 6) is 0.178. The van der Waals surface area contributed by atoms with Gasteiger partial charge in [0.2, 0.25) is 11.8 Å². The SMILES string of the molecule is CC(C)CC(NC(=O)C(C)NC(=O)C(C)(C)C)c1ccccc1. The van der Waals surface area contributed by atoms with Crippen LogP contribution in [0.15, 0.2) is 30.3 Å². The van der Waals surface area contributed by atoms with Crippen LogP contribution in [0.1, 0.15) is 59.6 Å². The van der Waals surface area contributed by atoms with Crippen LogP contribution < -0.4 is 10.6 Å². The zero-order valence-corrected chi connectivity index (χ0v) is 15.1. The second-order valence-electron chi connectivity index (χ2n) is 7.55. The van der Waals surface area contributed by atoms with Crippen molar-refractivity contribution in [2.75, 3.05) is 0 Å². The molecule has 1 aromatic rings. The summed E-state index contributed by atoms with van der Waals surface area (Å²) in [7, 11) is 0. The van der Waals surface area contributed by atoms with Crippen molar-refractivity contribution in [3.05, 3.63) is 35.9 Å². The highest BCUT2D eigenvalue weighted by molar-refractivity contribution is 5.89. The maximum absolute atomic E-state index is 12.4. The Kier molecular flexibility index (Phi) is 6.79. The van der Waals surface area contributed by atoms with E-state index in [0.29, 0.717) is 5.92 Å². The zero-order chi connectivity index (χ0) is 17.6. The standard InChI is InChI=1S/C19H30N2O2/c1-13(2)12-16(15-10-8-7-9-11-15)21-17(22)14(3)20-18(23)19(4,5)6/h7-11,13-14,16H,12H2,1-6H3,(H,20,23)(H,21,22). The molecule has 0 aliphatic carbocycles. The molecule has 2 N–H and O–H groups in total. The van der Waals surface area contributed by atoms with E-state index in [9.17, 15) is 9.59 Å². The third-order valence-electron chi connectivity index (χ3n) is 3.65. The van der Waals surface area contributed by atoms with Crippen LogP contribution in [-0.4, -0.2) is 17.9 Å². The predicted octanol–water partition coefficient (Wildman–Crippen LogP) is 3.44. The summed E-state index contributed by atoms with van der Waals surface area (Å²) < 4.78 is 0. The number of rotatable bonds is 6. The van der Waals surface area contributed by atoms with E-state index in [1.165, 1.54) is 0 Å². The first-order chi connectivity index (χ1) is 10.6. The van der Waals surface area contributed by atoms with Gasteiger partial charge in [0.15, 0.2) is 0 Å². The largest absolute Gasteiger partial charge is 0.348 e. The van der Waals surface area contributed by atoms with Gasteiger partial charge in [0.05, 0.1) is 6.04 Å². The Bertz CT molecular complexity index is 518. The van der Waals surface area contributed by atoms with Crippen molar-refractivity contribution in [3.8, 4) is 0 Å². The fourth-order valence-corrected chi connectivity index (χ4v) is 2.21. The maximum Gasteiger partial charge on any atom is 0.242 e. The summed E-state index contributed by atoms with van der Waals surface area (Å²) in [4.78, 5) is 24.5. The van der Waals surface area contributed by atoms with Crippen LogP contribution in [0, 0.1) is 11.3 Å². The smallest absolute Gasteiger partial charge is 0.242 e. The van der Waals surface area contributed by atoms with E-state index in [0.717, 1.165) is 12.0 Å². The van der Waals surface area contributed by atoms with Crippen molar-refractivity contribution in [3.63, 3.8) is 0 Å². The van der Waals surface area contributed by atoms with Gasteiger partial charge in [0.25, 0.3) is 0 Å². The lowest BCUT2D eigenvalue weighted by Gasteiger charge is -2.25. The van der Waals surface area contributed by atoms with Gasteiger partial charge in [-0.1, -0.05) is 65.0 Å². The number of nitrogens with one attached hydrogen (secondary N) is 2. The number of amides is 2. The molecule has 4 nitrogen and oxygen atoms in total. The Balaban J connectivity index is 2.75. The predicted molar refractivity (Wildman–Crippen MR) is 93.8 cm³/mol. The first kappa shape index (κ1) is 19.2. The molecular formula is C19H30N2O2. The van der Waals surface area contributed by atoms with Crippen molar-refractivity contribution >= 4 is 11.8 Å². The molecule has 0 spiro atoms. The molecule has 23 heavy (non-hydrogen) atoms. The van der Waals surface area contributed by atoms with E-state index in [2.05, 4.69) is 24.5 Å². The summed E-state index contributed by atoms with van der Waals surface area (Å²) in [5, 5.41) is 5.85. The molecule has 0 saturated heterocycles. The number of carbonyl (C=O) groups excluding carboxylic acids is 2. The Morgan fingerprint density at radius 3 is 2.04 bits per heavy atom. The fraction of sp³-hybridized carbons (Fsp3) is 0.579. The molecule has 4 heteroatoms. The number of hydrogen-bond donors (Lipinski definition) is 2. The summed E-state index contributed by atoms with van der Waals surface area (Å²) in [5.41, 5.74) is 0.578. The van der Waals surface area contributed by atoms with Crippen LogP contribution >= 0.6 is 0 Å². The monoisotopic (exact) mass is 318 g/mol. The van der Waals surface area contributed by atoms with Crippen LogP contribution in [0.4, 0.5) is 0 Å². The third-order valence-corrected chi connectivity index (χ3v) is 3.65. The van der Waals surface area contributed by atoms with Crippen LogP contribution in [0.5, 0.6) is 0 Å². The van der Waals surface area contributed by atoms with Crippen molar-refractivity contribution in [2.45, 2.75) is 60.0 Å². The molecule has 1 aromatic carbocycles. The highest BCUT2D eigenvalue weighted by Crippen LogP contribution is 2.21.